The number of carbonyl (C=O) groups excluding carboxylic acids is 2. The standard InChI is InChI=1S/C28H31N5O3.C21H18N4O3/c1-19-15-22(7-8-24(19)32-28(34)31-21-5-6-21)36-26-9-10-30-25-17-27(20(18-29)16-23(25)26)35-14-4-13-33-11-2-3-12-33;1-12-8-15(4-5-17(12)25-21(27)24-14-2-3-14)28-20-6-7-23-18-10-19(26)13(11-22)9-16(18)20/h7-10,15-17,21H,2-6,11-14H2,1H3,(H2,31,32,34);4-10,14,26H,2-3H2,1H3,(H2,24,25,27). The zero-order chi connectivity index (χ0) is 44.6. The Bertz CT molecular complexity index is 2790. The number of nitrogens with one attached hydrogen (secondary N) is 4. The molecular weight excluding hydrogens is 811 g/mol. The lowest BCUT2D eigenvalue weighted by atomic mass is 10.1. The van der Waals surface area contributed by atoms with Crippen LogP contribution in [0.4, 0.5) is 21.0 Å². The SMILES string of the molecule is Cc1cc(Oc2ccnc3cc(O)c(C#N)cc23)ccc1NC(=O)NC1CC1.Cc1cc(Oc2ccnc3cc(OCCCN4CCCC4)c(C#N)cc23)ccc1NC(=O)NC1CC1. The Morgan fingerprint density at radius 3 is 1.72 bits per heavy atom. The molecule has 3 heterocycles. The highest BCUT2D eigenvalue weighted by atomic mass is 16.5. The van der Waals surface area contributed by atoms with E-state index in [1.165, 1.54) is 32.0 Å². The number of fused-ring (bicyclic) bond motifs is 2. The van der Waals surface area contributed by atoms with E-state index < -0.39 is 0 Å². The van der Waals surface area contributed by atoms with E-state index in [0.717, 1.165) is 60.8 Å². The molecule has 0 spiro atoms. The van der Waals surface area contributed by atoms with Gasteiger partial charge in [0.25, 0.3) is 0 Å². The van der Waals surface area contributed by atoms with Crippen molar-refractivity contribution in [3.63, 3.8) is 0 Å². The van der Waals surface area contributed by atoms with Crippen molar-refractivity contribution in [1.82, 2.24) is 25.5 Å². The fraction of sp³-hybridized carbons (Fsp3) is 0.306. The van der Waals surface area contributed by atoms with Gasteiger partial charge in [-0.05, 0) is 144 Å². The summed E-state index contributed by atoms with van der Waals surface area (Å²) >= 11 is 0. The number of rotatable bonds is 13. The van der Waals surface area contributed by atoms with Crippen LogP contribution in [0.5, 0.6) is 34.5 Å². The molecule has 9 rings (SSSR count). The number of likely N-dealkylation sites (tertiary alicyclic amines) is 1. The van der Waals surface area contributed by atoms with Crippen LogP contribution in [-0.4, -0.2) is 70.4 Å². The second kappa shape index (κ2) is 19.6. The van der Waals surface area contributed by atoms with Crippen molar-refractivity contribution in [2.45, 2.75) is 70.9 Å². The molecule has 15 heteroatoms. The van der Waals surface area contributed by atoms with E-state index in [0.29, 0.717) is 75.1 Å². The molecule has 2 aliphatic carbocycles. The van der Waals surface area contributed by atoms with Gasteiger partial charge in [-0.2, -0.15) is 10.5 Å². The molecule has 6 aromatic rings. The summed E-state index contributed by atoms with van der Waals surface area (Å²) in [5.74, 6) is 2.78. The molecule has 1 aliphatic heterocycles. The molecule has 2 aromatic heterocycles. The van der Waals surface area contributed by atoms with Gasteiger partial charge in [-0.1, -0.05) is 0 Å². The van der Waals surface area contributed by atoms with Crippen molar-refractivity contribution >= 4 is 45.2 Å². The lowest BCUT2D eigenvalue weighted by molar-refractivity contribution is 0.251. The third kappa shape index (κ3) is 11.1. The highest BCUT2D eigenvalue weighted by Crippen LogP contribution is 2.36. The molecule has 0 unspecified atom stereocenters. The van der Waals surface area contributed by atoms with Gasteiger partial charge < -0.3 is 45.5 Å². The number of phenols is 1. The van der Waals surface area contributed by atoms with Gasteiger partial charge in [0.1, 0.15) is 46.6 Å². The van der Waals surface area contributed by atoms with E-state index in [-0.39, 0.29) is 23.4 Å². The number of ether oxygens (including phenoxy) is 3. The number of hydrogen-bond acceptors (Lipinski definition) is 11. The molecule has 5 N–H and O–H groups in total. The molecule has 3 fully saturated rings. The summed E-state index contributed by atoms with van der Waals surface area (Å²) in [5, 5.41) is 41.6. The number of aryl methyl sites for hydroxylation is 2. The fourth-order valence-corrected chi connectivity index (χ4v) is 7.33. The molecule has 4 aromatic carbocycles. The minimum absolute atomic E-state index is 0.115. The third-order valence-corrected chi connectivity index (χ3v) is 11.1. The lowest BCUT2D eigenvalue weighted by Gasteiger charge is -2.15. The highest BCUT2D eigenvalue weighted by Gasteiger charge is 2.24. The van der Waals surface area contributed by atoms with Gasteiger partial charge in [0.2, 0.25) is 0 Å². The van der Waals surface area contributed by atoms with E-state index in [4.69, 9.17) is 19.5 Å². The molecule has 3 aliphatic rings. The normalized spacial score (nSPS) is 14.4. The first-order chi connectivity index (χ1) is 31.1. The predicted octanol–water partition coefficient (Wildman–Crippen LogP) is 9.55. The zero-order valence-corrected chi connectivity index (χ0v) is 35.7. The van der Waals surface area contributed by atoms with Gasteiger partial charge in [-0.3, -0.25) is 9.97 Å². The Balaban J connectivity index is 0.000000181. The first-order valence-corrected chi connectivity index (χ1v) is 21.5. The fourth-order valence-electron chi connectivity index (χ4n) is 7.33. The molecular formula is C49H49N9O6. The van der Waals surface area contributed by atoms with Crippen molar-refractivity contribution in [3.8, 4) is 46.6 Å². The molecule has 4 amide bonds. The second-order valence-electron chi connectivity index (χ2n) is 16.2. The van der Waals surface area contributed by atoms with E-state index in [1.54, 1.807) is 48.8 Å². The van der Waals surface area contributed by atoms with Crippen molar-refractivity contribution in [2.24, 2.45) is 0 Å². The van der Waals surface area contributed by atoms with Crippen molar-refractivity contribution in [2.75, 3.05) is 36.9 Å². The minimum Gasteiger partial charge on any atom is -0.506 e. The lowest BCUT2D eigenvalue weighted by Crippen LogP contribution is -2.30. The summed E-state index contributed by atoms with van der Waals surface area (Å²) in [7, 11) is 0. The van der Waals surface area contributed by atoms with Crippen LogP contribution in [0.25, 0.3) is 21.8 Å². The molecule has 15 nitrogen and oxygen atoms in total. The summed E-state index contributed by atoms with van der Waals surface area (Å²) in [6.45, 7) is 7.72. The Hall–Kier alpha value is -7.62. The summed E-state index contributed by atoms with van der Waals surface area (Å²) in [6, 6.07) is 25.4. The largest absolute Gasteiger partial charge is 0.506 e. The first-order valence-electron chi connectivity index (χ1n) is 21.5. The number of amides is 4. The number of anilines is 2. The maximum absolute atomic E-state index is 12.1. The van der Waals surface area contributed by atoms with Gasteiger partial charge in [0.15, 0.2) is 0 Å². The van der Waals surface area contributed by atoms with E-state index in [9.17, 15) is 20.0 Å². The Morgan fingerprint density at radius 2 is 1.22 bits per heavy atom. The van der Waals surface area contributed by atoms with Crippen LogP contribution >= 0.6 is 0 Å². The summed E-state index contributed by atoms with van der Waals surface area (Å²) < 4.78 is 18.1. The second-order valence-corrected chi connectivity index (χ2v) is 16.2. The number of carbonyl (C=O) groups is 2. The Kier molecular flexibility index (Phi) is 13.2. The van der Waals surface area contributed by atoms with Crippen LogP contribution in [-0.2, 0) is 0 Å². The minimum atomic E-state index is -0.205. The van der Waals surface area contributed by atoms with Gasteiger partial charge in [0, 0.05) is 65.3 Å². The quantitative estimate of drug-likeness (QED) is 0.0691. The van der Waals surface area contributed by atoms with E-state index >= 15 is 0 Å². The van der Waals surface area contributed by atoms with Crippen molar-refractivity contribution in [1.29, 1.82) is 10.5 Å². The number of hydrogen-bond donors (Lipinski definition) is 5. The van der Waals surface area contributed by atoms with Crippen LogP contribution < -0.4 is 35.5 Å². The van der Waals surface area contributed by atoms with Crippen LogP contribution in [0, 0.1) is 36.5 Å². The third-order valence-electron chi connectivity index (χ3n) is 11.1. The molecule has 0 radical (unpaired) electrons. The molecule has 64 heavy (non-hydrogen) atoms. The zero-order valence-electron chi connectivity index (χ0n) is 35.7. The number of aromatic nitrogens is 2. The molecule has 0 atom stereocenters. The topological polar surface area (TPSA) is 207 Å². The van der Waals surface area contributed by atoms with Gasteiger partial charge >= 0.3 is 12.1 Å². The van der Waals surface area contributed by atoms with Gasteiger partial charge in [-0.15, -0.1) is 0 Å². The Morgan fingerprint density at radius 1 is 0.703 bits per heavy atom. The summed E-state index contributed by atoms with van der Waals surface area (Å²) in [5.41, 5.74) is 5.03. The van der Waals surface area contributed by atoms with Crippen LogP contribution in [0.3, 0.4) is 0 Å². The average Bonchev–Trinajstić information content (AvgIpc) is 4.22. The number of aromatic hydroxyl groups is 1. The van der Waals surface area contributed by atoms with E-state index in [2.05, 4.69) is 42.2 Å². The molecule has 0 bridgehead atoms. The van der Waals surface area contributed by atoms with Gasteiger partial charge in [-0.25, -0.2) is 9.59 Å². The number of urea groups is 2. The van der Waals surface area contributed by atoms with Crippen LogP contribution in [0.15, 0.2) is 85.2 Å². The first kappa shape index (κ1) is 43.0. The number of benzene rings is 4. The summed E-state index contributed by atoms with van der Waals surface area (Å²) in [4.78, 5) is 35.1. The number of phenolic OH excluding ortho intramolecular Hbond substituents is 1. The highest BCUT2D eigenvalue weighted by molar-refractivity contribution is 5.92. The summed E-state index contributed by atoms with van der Waals surface area (Å²) in [6.07, 6.45) is 10.9. The number of pyridine rings is 2. The monoisotopic (exact) mass is 859 g/mol. The maximum atomic E-state index is 12.1. The predicted molar refractivity (Wildman–Crippen MR) is 243 cm³/mol. The van der Waals surface area contributed by atoms with E-state index in [1.807, 2.05) is 50.2 Å². The van der Waals surface area contributed by atoms with Crippen LogP contribution in [0.1, 0.15) is 67.2 Å². The molecule has 2 saturated carbocycles. The average molecular weight is 860 g/mol. The van der Waals surface area contributed by atoms with Crippen LogP contribution in [0.2, 0.25) is 0 Å². The van der Waals surface area contributed by atoms with Crippen molar-refractivity contribution in [3.05, 3.63) is 107 Å². The number of nitrogens with zero attached hydrogens (tertiary/aromatic N) is 5. The van der Waals surface area contributed by atoms with Gasteiger partial charge in [0.05, 0.1) is 28.8 Å². The molecule has 326 valence electrons. The maximum Gasteiger partial charge on any atom is 0.319 e. The smallest absolute Gasteiger partial charge is 0.319 e. The molecule has 1 saturated heterocycles. The number of nitriles is 2. The Labute approximate surface area is 371 Å². The van der Waals surface area contributed by atoms with Crippen molar-refractivity contribution < 1.29 is 28.9 Å².